The first-order valence-electron chi connectivity index (χ1n) is 5.99. The third-order valence-corrected chi connectivity index (χ3v) is 4.04. The molecule has 2 N–H and O–H groups in total. The molecule has 98 valence electrons. The van der Waals surface area contributed by atoms with Crippen LogP contribution in [0.5, 0.6) is 0 Å². The van der Waals surface area contributed by atoms with Gasteiger partial charge in [0, 0.05) is 16.4 Å². The molecule has 0 saturated carbocycles. The summed E-state index contributed by atoms with van der Waals surface area (Å²) in [5.41, 5.74) is 0.129. The third-order valence-electron chi connectivity index (χ3n) is 3.32. The summed E-state index contributed by atoms with van der Waals surface area (Å²) in [6.07, 6.45) is 1.42. The van der Waals surface area contributed by atoms with Gasteiger partial charge in [0.05, 0.1) is 0 Å². The van der Waals surface area contributed by atoms with Crippen LogP contribution in [-0.4, -0.2) is 31.7 Å². The largest absolute Gasteiger partial charge is 0.368 e. The van der Waals surface area contributed by atoms with Gasteiger partial charge in [0.1, 0.15) is 5.60 Å². The zero-order chi connectivity index (χ0) is 13.0. The van der Waals surface area contributed by atoms with Crippen molar-refractivity contribution in [1.29, 1.82) is 0 Å². The van der Waals surface area contributed by atoms with Crippen LogP contribution in [-0.2, 0) is 9.53 Å². The SMILES string of the molecule is COC1(C(=O)Nc2ccc(I)cc2)CCNCC1. The molecule has 0 bridgehead atoms. The number of carbonyl (C=O) groups is 1. The number of anilines is 1. The van der Waals surface area contributed by atoms with Crippen LogP contribution >= 0.6 is 22.6 Å². The van der Waals surface area contributed by atoms with Gasteiger partial charge in [0.25, 0.3) is 5.91 Å². The standard InChI is InChI=1S/C13H17IN2O2/c1-18-13(6-8-15-9-7-13)12(17)16-11-4-2-10(14)3-5-11/h2-5,15H,6-9H2,1H3,(H,16,17). The Bertz CT molecular complexity index is 414. The van der Waals surface area contributed by atoms with E-state index >= 15 is 0 Å². The first-order valence-corrected chi connectivity index (χ1v) is 7.07. The molecular weight excluding hydrogens is 343 g/mol. The summed E-state index contributed by atoms with van der Waals surface area (Å²) in [4.78, 5) is 12.3. The lowest BCUT2D eigenvalue weighted by Crippen LogP contribution is -2.51. The number of rotatable bonds is 3. The van der Waals surface area contributed by atoms with Crippen molar-refractivity contribution in [2.75, 3.05) is 25.5 Å². The molecule has 1 heterocycles. The Morgan fingerprint density at radius 1 is 1.33 bits per heavy atom. The molecule has 18 heavy (non-hydrogen) atoms. The molecule has 0 unspecified atom stereocenters. The second-order valence-corrected chi connectivity index (χ2v) is 5.66. The number of halogens is 1. The fourth-order valence-electron chi connectivity index (χ4n) is 2.13. The van der Waals surface area contributed by atoms with Crippen LogP contribution in [0.2, 0.25) is 0 Å². The lowest BCUT2D eigenvalue weighted by atomic mass is 9.91. The van der Waals surface area contributed by atoms with Gasteiger partial charge in [-0.15, -0.1) is 0 Å². The minimum Gasteiger partial charge on any atom is -0.368 e. The smallest absolute Gasteiger partial charge is 0.256 e. The molecule has 4 nitrogen and oxygen atoms in total. The minimum absolute atomic E-state index is 0.0484. The lowest BCUT2D eigenvalue weighted by Gasteiger charge is -2.34. The quantitative estimate of drug-likeness (QED) is 0.811. The Hall–Kier alpha value is -0.660. The van der Waals surface area contributed by atoms with Gasteiger partial charge in [-0.25, -0.2) is 0 Å². The molecule has 1 fully saturated rings. The molecule has 0 spiro atoms. The molecule has 1 saturated heterocycles. The van der Waals surface area contributed by atoms with E-state index in [1.165, 1.54) is 0 Å². The van der Waals surface area contributed by atoms with Gasteiger partial charge in [-0.2, -0.15) is 0 Å². The molecule has 2 rings (SSSR count). The van der Waals surface area contributed by atoms with Crippen LogP contribution in [0.25, 0.3) is 0 Å². The summed E-state index contributed by atoms with van der Waals surface area (Å²) in [5.74, 6) is -0.0484. The monoisotopic (exact) mass is 360 g/mol. The number of amides is 1. The summed E-state index contributed by atoms with van der Waals surface area (Å²) in [6.45, 7) is 1.63. The first kappa shape index (κ1) is 13.8. The lowest BCUT2D eigenvalue weighted by molar-refractivity contribution is -0.140. The van der Waals surface area contributed by atoms with Gasteiger partial charge in [-0.3, -0.25) is 4.79 Å². The number of ether oxygens (including phenoxy) is 1. The van der Waals surface area contributed by atoms with E-state index in [1.807, 2.05) is 24.3 Å². The van der Waals surface area contributed by atoms with Crippen molar-refractivity contribution in [1.82, 2.24) is 5.32 Å². The van der Waals surface area contributed by atoms with Gasteiger partial charge in [-0.05, 0) is 72.8 Å². The maximum absolute atomic E-state index is 12.3. The highest BCUT2D eigenvalue weighted by atomic mass is 127. The van der Waals surface area contributed by atoms with E-state index in [9.17, 15) is 4.79 Å². The molecule has 0 atom stereocenters. The normalized spacial score (nSPS) is 18.3. The van der Waals surface area contributed by atoms with Crippen LogP contribution in [0.4, 0.5) is 5.69 Å². The fraction of sp³-hybridized carbons (Fsp3) is 0.462. The van der Waals surface area contributed by atoms with Crippen molar-refractivity contribution in [3.05, 3.63) is 27.8 Å². The van der Waals surface area contributed by atoms with E-state index < -0.39 is 5.60 Å². The van der Waals surface area contributed by atoms with Crippen molar-refractivity contribution in [2.24, 2.45) is 0 Å². The summed E-state index contributed by atoms with van der Waals surface area (Å²) < 4.78 is 6.63. The number of benzene rings is 1. The Labute approximate surface area is 121 Å². The molecule has 1 aromatic carbocycles. The van der Waals surface area contributed by atoms with Gasteiger partial charge < -0.3 is 15.4 Å². The highest BCUT2D eigenvalue weighted by molar-refractivity contribution is 14.1. The molecule has 1 aliphatic rings. The fourth-order valence-corrected chi connectivity index (χ4v) is 2.49. The zero-order valence-corrected chi connectivity index (χ0v) is 12.5. The second kappa shape index (κ2) is 5.99. The Morgan fingerprint density at radius 3 is 2.50 bits per heavy atom. The number of hydrogen-bond donors (Lipinski definition) is 2. The predicted molar refractivity (Wildman–Crippen MR) is 79.6 cm³/mol. The van der Waals surface area contributed by atoms with Crippen LogP contribution in [0.1, 0.15) is 12.8 Å². The highest BCUT2D eigenvalue weighted by Gasteiger charge is 2.39. The van der Waals surface area contributed by atoms with Gasteiger partial charge >= 0.3 is 0 Å². The highest BCUT2D eigenvalue weighted by Crippen LogP contribution is 2.24. The summed E-state index contributed by atoms with van der Waals surface area (Å²) >= 11 is 2.24. The summed E-state index contributed by atoms with van der Waals surface area (Å²) in [7, 11) is 1.61. The molecule has 0 aromatic heterocycles. The maximum Gasteiger partial charge on any atom is 0.256 e. The second-order valence-electron chi connectivity index (χ2n) is 4.41. The number of methoxy groups -OCH3 is 1. The molecule has 1 aromatic rings. The van der Waals surface area contributed by atoms with Gasteiger partial charge in [0.15, 0.2) is 0 Å². The first-order chi connectivity index (χ1) is 8.66. The zero-order valence-electron chi connectivity index (χ0n) is 10.3. The van der Waals surface area contributed by atoms with E-state index in [4.69, 9.17) is 4.74 Å². The molecule has 0 aliphatic carbocycles. The van der Waals surface area contributed by atoms with Crippen molar-refractivity contribution in [3.8, 4) is 0 Å². The Balaban J connectivity index is 2.07. The van der Waals surface area contributed by atoms with Crippen molar-refractivity contribution < 1.29 is 9.53 Å². The van der Waals surface area contributed by atoms with Gasteiger partial charge in [0.2, 0.25) is 0 Å². The maximum atomic E-state index is 12.3. The van der Waals surface area contributed by atoms with Gasteiger partial charge in [-0.1, -0.05) is 0 Å². The Kier molecular flexibility index (Phi) is 4.58. The van der Waals surface area contributed by atoms with E-state index in [1.54, 1.807) is 7.11 Å². The van der Waals surface area contributed by atoms with Crippen molar-refractivity contribution in [3.63, 3.8) is 0 Å². The average Bonchev–Trinajstić information content (AvgIpc) is 2.42. The molecule has 1 aliphatic heterocycles. The van der Waals surface area contributed by atoms with Crippen LogP contribution in [0.3, 0.4) is 0 Å². The molecule has 5 heteroatoms. The Morgan fingerprint density at radius 2 is 1.94 bits per heavy atom. The summed E-state index contributed by atoms with van der Waals surface area (Å²) in [5, 5.41) is 6.17. The topological polar surface area (TPSA) is 50.4 Å². The number of hydrogen-bond acceptors (Lipinski definition) is 3. The molecule has 0 radical (unpaired) electrons. The van der Waals surface area contributed by atoms with Crippen molar-refractivity contribution in [2.45, 2.75) is 18.4 Å². The number of nitrogens with one attached hydrogen (secondary N) is 2. The summed E-state index contributed by atoms with van der Waals surface area (Å²) in [6, 6.07) is 7.75. The van der Waals surface area contributed by atoms with Crippen molar-refractivity contribution >= 4 is 34.2 Å². The number of piperidine rings is 1. The van der Waals surface area contributed by atoms with E-state index in [2.05, 4.69) is 33.2 Å². The average molecular weight is 360 g/mol. The third kappa shape index (κ3) is 3.02. The van der Waals surface area contributed by atoms with E-state index in [0.29, 0.717) is 12.8 Å². The molecule has 1 amide bonds. The predicted octanol–water partition coefficient (Wildman–Crippen LogP) is 2.00. The van der Waals surface area contributed by atoms with E-state index in [0.717, 1.165) is 22.3 Å². The number of carbonyl (C=O) groups excluding carboxylic acids is 1. The van der Waals surface area contributed by atoms with E-state index in [-0.39, 0.29) is 5.91 Å². The minimum atomic E-state index is -0.686. The molecular formula is C13H17IN2O2. The van der Waals surface area contributed by atoms with Crippen LogP contribution in [0.15, 0.2) is 24.3 Å². The van der Waals surface area contributed by atoms with Crippen LogP contribution in [0, 0.1) is 3.57 Å². The van der Waals surface area contributed by atoms with Crippen LogP contribution < -0.4 is 10.6 Å².